The zero-order valence-corrected chi connectivity index (χ0v) is 15.8. The van der Waals surface area contributed by atoms with Gasteiger partial charge in [0.2, 0.25) is 0 Å². The molecule has 1 fully saturated rings. The Labute approximate surface area is 161 Å². The molecule has 2 aliphatic rings. The van der Waals surface area contributed by atoms with Gasteiger partial charge in [0.05, 0.1) is 7.11 Å². The van der Waals surface area contributed by atoms with Gasteiger partial charge in [0.15, 0.2) is 11.5 Å². The van der Waals surface area contributed by atoms with Crippen molar-refractivity contribution in [3.05, 3.63) is 54.1 Å². The van der Waals surface area contributed by atoms with Crippen LogP contribution in [-0.4, -0.2) is 39.0 Å². The highest BCUT2D eigenvalue weighted by Crippen LogP contribution is 2.35. The molecule has 2 aromatic carbocycles. The second kappa shape index (κ2) is 8.63. The fourth-order valence-electron chi connectivity index (χ4n) is 3.95. The van der Waals surface area contributed by atoms with Crippen molar-refractivity contribution < 1.29 is 14.2 Å². The number of rotatable bonds is 6. The summed E-state index contributed by atoms with van der Waals surface area (Å²) in [6.45, 7) is 2.69. The lowest BCUT2D eigenvalue weighted by Gasteiger charge is -2.33. The molecule has 2 unspecified atom stereocenters. The summed E-state index contributed by atoms with van der Waals surface area (Å²) in [6, 6.07) is 16.8. The first kappa shape index (κ1) is 18.1. The number of hydrogen-bond donors (Lipinski definition) is 2. The molecule has 1 saturated heterocycles. The molecule has 0 aliphatic carbocycles. The molecule has 0 bridgehead atoms. The average molecular weight is 368 g/mol. The number of piperidine rings is 1. The molecule has 4 rings (SSSR count). The fraction of sp³-hybridized carbons (Fsp3) is 0.455. The maximum Gasteiger partial charge on any atom is 0.161 e. The predicted octanol–water partition coefficient (Wildman–Crippen LogP) is 3.31. The van der Waals surface area contributed by atoms with Crippen LogP contribution in [0.4, 0.5) is 0 Å². The first-order valence-electron chi connectivity index (χ1n) is 9.81. The van der Waals surface area contributed by atoms with Crippen molar-refractivity contribution in [3.8, 4) is 17.2 Å². The van der Waals surface area contributed by atoms with Crippen molar-refractivity contribution in [2.75, 3.05) is 26.8 Å². The summed E-state index contributed by atoms with van der Waals surface area (Å²) in [5.74, 6) is 2.57. The lowest BCUT2D eigenvalue weighted by molar-refractivity contribution is 0.0745. The maximum atomic E-state index is 6.23. The van der Waals surface area contributed by atoms with E-state index in [4.69, 9.17) is 14.2 Å². The van der Waals surface area contributed by atoms with Gasteiger partial charge in [0, 0.05) is 24.1 Å². The summed E-state index contributed by atoms with van der Waals surface area (Å²) in [5, 5.41) is 7.30. The van der Waals surface area contributed by atoms with Gasteiger partial charge in [-0.15, -0.1) is 0 Å². The van der Waals surface area contributed by atoms with Gasteiger partial charge in [-0.1, -0.05) is 30.3 Å². The molecule has 0 radical (unpaired) electrons. The van der Waals surface area contributed by atoms with E-state index >= 15 is 0 Å². The van der Waals surface area contributed by atoms with E-state index in [-0.39, 0.29) is 12.1 Å². The topological polar surface area (TPSA) is 51.8 Å². The normalized spacial score (nSPS) is 20.9. The molecule has 2 heterocycles. The van der Waals surface area contributed by atoms with Crippen LogP contribution in [0.1, 0.15) is 30.9 Å². The monoisotopic (exact) mass is 368 g/mol. The minimum absolute atomic E-state index is 0.00373. The summed E-state index contributed by atoms with van der Waals surface area (Å²) in [5.41, 5.74) is 1.18. The summed E-state index contributed by atoms with van der Waals surface area (Å²) < 4.78 is 17.8. The third kappa shape index (κ3) is 4.37. The van der Waals surface area contributed by atoms with Crippen molar-refractivity contribution >= 4 is 0 Å². The van der Waals surface area contributed by atoms with Crippen LogP contribution in [0.2, 0.25) is 0 Å². The van der Waals surface area contributed by atoms with Crippen molar-refractivity contribution in [3.63, 3.8) is 0 Å². The van der Waals surface area contributed by atoms with Crippen LogP contribution >= 0.6 is 0 Å². The van der Waals surface area contributed by atoms with Gasteiger partial charge in [-0.3, -0.25) is 0 Å². The highest BCUT2D eigenvalue weighted by atomic mass is 16.6. The van der Waals surface area contributed by atoms with Gasteiger partial charge < -0.3 is 24.8 Å². The van der Waals surface area contributed by atoms with Crippen LogP contribution in [0.15, 0.2) is 48.5 Å². The number of nitrogens with one attached hydrogen (secondary N) is 2. The van der Waals surface area contributed by atoms with Crippen molar-refractivity contribution in [1.29, 1.82) is 0 Å². The first-order chi connectivity index (χ1) is 13.3. The lowest BCUT2D eigenvalue weighted by Crippen LogP contribution is -2.43. The second-order valence-corrected chi connectivity index (χ2v) is 7.22. The molecule has 27 heavy (non-hydrogen) atoms. The minimum Gasteiger partial charge on any atom is -0.496 e. The Morgan fingerprint density at radius 3 is 2.63 bits per heavy atom. The zero-order valence-electron chi connectivity index (χ0n) is 15.8. The van der Waals surface area contributed by atoms with E-state index in [0.29, 0.717) is 12.6 Å². The molecule has 5 nitrogen and oxygen atoms in total. The Hall–Kier alpha value is -2.24. The van der Waals surface area contributed by atoms with Gasteiger partial charge in [0.1, 0.15) is 18.5 Å². The third-order valence-corrected chi connectivity index (χ3v) is 5.36. The number of hydrogen-bond acceptors (Lipinski definition) is 5. The number of ether oxygens (including phenoxy) is 3. The molecule has 2 atom stereocenters. The van der Waals surface area contributed by atoms with Gasteiger partial charge in [0.25, 0.3) is 0 Å². The molecule has 0 saturated carbocycles. The minimum atomic E-state index is 0.00373. The second-order valence-electron chi connectivity index (χ2n) is 7.22. The molecule has 0 aromatic heterocycles. The van der Waals surface area contributed by atoms with Gasteiger partial charge in [-0.2, -0.15) is 0 Å². The van der Waals surface area contributed by atoms with E-state index in [0.717, 1.165) is 49.6 Å². The highest BCUT2D eigenvalue weighted by molar-refractivity contribution is 5.41. The van der Waals surface area contributed by atoms with Crippen molar-refractivity contribution in [2.24, 2.45) is 0 Å². The molecule has 2 N–H and O–H groups in total. The van der Waals surface area contributed by atoms with Crippen molar-refractivity contribution in [2.45, 2.75) is 37.5 Å². The molecule has 5 heteroatoms. The number of para-hydroxylation sites is 3. The SMILES string of the molecule is COc1ccccc1C(CC1COc2ccccc2O1)NC1CCNCC1. The number of methoxy groups -OCH3 is 1. The molecule has 0 amide bonds. The van der Waals surface area contributed by atoms with E-state index in [9.17, 15) is 0 Å². The molecular weight excluding hydrogens is 340 g/mol. The summed E-state index contributed by atoms with van der Waals surface area (Å²) in [6.07, 6.45) is 3.11. The first-order valence-corrected chi connectivity index (χ1v) is 9.81. The summed E-state index contributed by atoms with van der Waals surface area (Å²) >= 11 is 0. The van der Waals surface area contributed by atoms with Crippen LogP contribution in [0.3, 0.4) is 0 Å². The van der Waals surface area contributed by atoms with E-state index in [1.165, 1.54) is 5.56 Å². The summed E-state index contributed by atoms with van der Waals surface area (Å²) in [4.78, 5) is 0. The number of fused-ring (bicyclic) bond motifs is 1. The molecule has 2 aromatic rings. The predicted molar refractivity (Wildman–Crippen MR) is 106 cm³/mol. The summed E-state index contributed by atoms with van der Waals surface area (Å²) in [7, 11) is 1.73. The van der Waals surface area contributed by atoms with E-state index in [1.807, 2.05) is 36.4 Å². The lowest BCUT2D eigenvalue weighted by atomic mass is 9.96. The largest absolute Gasteiger partial charge is 0.496 e. The van der Waals surface area contributed by atoms with E-state index in [2.05, 4.69) is 22.8 Å². The van der Waals surface area contributed by atoms with Crippen LogP contribution in [0.5, 0.6) is 17.2 Å². The molecule has 144 valence electrons. The Bertz CT molecular complexity index is 746. The zero-order chi connectivity index (χ0) is 18.5. The standard InChI is InChI=1S/C22H28N2O3/c1-25-20-7-3-2-6-18(20)19(24-16-10-12-23-13-11-16)14-17-15-26-21-8-4-5-9-22(21)27-17/h2-9,16-17,19,23-24H,10-15H2,1H3. The van der Waals surface area contributed by atoms with Crippen LogP contribution < -0.4 is 24.8 Å². The molecular formula is C22H28N2O3. The molecule has 2 aliphatic heterocycles. The van der Waals surface area contributed by atoms with E-state index < -0.39 is 0 Å². The van der Waals surface area contributed by atoms with Gasteiger partial charge in [-0.25, -0.2) is 0 Å². The number of benzene rings is 2. The highest BCUT2D eigenvalue weighted by Gasteiger charge is 2.28. The average Bonchev–Trinajstić information content (AvgIpc) is 2.74. The Morgan fingerprint density at radius 2 is 1.81 bits per heavy atom. The van der Waals surface area contributed by atoms with Gasteiger partial charge >= 0.3 is 0 Å². The van der Waals surface area contributed by atoms with Gasteiger partial charge in [-0.05, 0) is 44.1 Å². The Balaban J connectivity index is 1.52. The van der Waals surface area contributed by atoms with Crippen LogP contribution in [0.25, 0.3) is 0 Å². The van der Waals surface area contributed by atoms with Crippen LogP contribution in [-0.2, 0) is 0 Å². The van der Waals surface area contributed by atoms with E-state index in [1.54, 1.807) is 7.11 Å². The quantitative estimate of drug-likeness (QED) is 0.819. The fourth-order valence-corrected chi connectivity index (χ4v) is 3.95. The Morgan fingerprint density at radius 1 is 1.07 bits per heavy atom. The maximum absolute atomic E-state index is 6.23. The van der Waals surface area contributed by atoms with Crippen LogP contribution in [0, 0.1) is 0 Å². The Kier molecular flexibility index (Phi) is 5.80. The third-order valence-electron chi connectivity index (χ3n) is 5.36. The molecule has 0 spiro atoms. The van der Waals surface area contributed by atoms with Crippen molar-refractivity contribution in [1.82, 2.24) is 10.6 Å². The smallest absolute Gasteiger partial charge is 0.161 e.